The van der Waals surface area contributed by atoms with Gasteiger partial charge in [-0.25, -0.2) is 22.6 Å². The lowest BCUT2D eigenvalue weighted by Gasteiger charge is -2.28. The second kappa shape index (κ2) is 12.4. The van der Waals surface area contributed by atoms with Gasteiger partial charge in [-0.05, 0) is 0 Å². The number of hydrogen-bond donors (Lipinski definition) is 2. The van der Waals surface area contributed by atoms with Crippen molar-refractivity contribution in [3.63, 3.8) is 0 Å². The van der Waals surface area contributed by atoms with Crippen LogP contribution in [0.1, 0.15) is 37.8 Å². The zero-order chi connectivity index (χ0) is 24.5. The zero-order valence-corrected chi connectivity index (χ0v) is 16.9. The third-order valence-corrected chi connectivity index (χ3v) is 3.75. The molecule has 1 heterocycles. The lowest BCUT2D eigenvalue weighted by Crippen LogP contribution is -2.38. The van der Waals surface area contributed by atoms with Crippen LogP contribution in [0.15, 0.2) is 4.99 Å². The van der Waals surface area contributed by atoms with Crippen molar-refractivity contribution in [3.05, 3.63) is 34.4 Å². The topological polar surface area (TPSA) is 95.1 Å². The van der Waals surface area contributed by atoms with Gasteiger partial charge >= 0.3 is 6.18 Å². The smallest absolute Gasteiger partial charge is 0.414 e. The first kappa shape index (κ1) is 28.6. The Hall–Kier alpha value is -2.43. The third-order valence-electron chi connectivity index (χ3n) is 3.75. The predicted octanol–water partition coefficient (Wildman–Crippen LogP) is 3.57. The molecule has 31 heavy (non-hydrogen) atoms. The van der Waals surface area contributed by atoms with Gasteiger partial charge in [0.2, 0.25) is 12.2 Å². The third kappa shape index (κ3) is 6.78. The Labute approximate surface area is 173 Å². The molecule has 0 saturated carbocycles. The molecule has 1 aromatic rings. The normalized spacial score (nSPS) is 18.9. The summed E-state index contributed by atoms with van der Waals surface area (Å²) in [4.78, 5) is 3.52. The Morgan fingerprint density at radius 1 is 1.13 bits per heavy atom. The molecule has 1 aliphatic rings. The molecule has 3 unspecified atom stereocenters. The maximum Gasteiger partial charge on any atom is 0.414 e. The van der Waals surface area contributed by atoms with Crippen LogP contribution < -0.4 is 0 Å². The quantitative estimate of drug-likeness (QED) is 0.527. The van der Waals surface area contributed by atoms with Crippen molar-refractivity contribution in [1.82, 2.24) is 0 Å². The van der Waals surface area contributed by atoms with Crippen LogP contribution in [0.25, 0.3) is 0 Å². The van der Waals surface area contributed by atoms with Gasteiger partial charge in [0.25, 0.3) is 0 Å². The minimum atomic E-state index is -4.78. The van der Waals surface area contributed by atoms with Crippen molar-refractivity contribution in [2.24, 2.45) is 4.99 Å². The molecule has 0 aliphatic carbocycles. The first-order valence-electron chi connectivity index (χ1n) is 8.74. The van der Waals surface area contributed by atoms with E-state index < -0.39 is 77.7 Å². The maximum absolute atomic E-state index is 14.1. The number of rotatable bonds is 4. The fourth-order valence-corrected chi connectivity index (χ4v) is 2.46. The number of alkyl halides is 3. The van der Waals surface area contributed by atoms with E-state index >= 15 is 0 Å². The van der Waals surface area contributed by atoms with Crippen molar-refractivity contribution in [2.45, 2.75) is 51.3 Å². The molecule has 6 nitrogen and oxygen atoms in total. The van der Waals surface area contributed by atoms with Gasteiger partial charge in [-0.15, -0.1) is 0 Å². The van der Waals surface area contributed by atoms with Crippen LogP contribution >= 0.6 is 0 Å². The minimum Gasteiger partial charge on any atom is -0.448 e. The summed E-state index contributed by atoms with van der Waals surface area (Å²) in [6.45, 7) is 4.00. The Balaban J connectivity index is 0.00000212. The van der Waals surface area contributed by atoms with E-state index in [-0.39, 0.29) is 0 Å². The molecule has 2 N–H and O–H groups in total. The van der Waals surface area contributed by atoms with Crippen LogP contribution in [0.3, 0.4) is 0 Å². The Bertz CT molecular complexity index is 781. The number of methoxy groups -OCH3 is 1. The highest BCUT2D eigenvalue weighted by molar-refractivity contribution is 5.95. The Kier molecular flexibility index (Phi) is 11.5. The molecular weight excluding hydrogens is 441 g/mol. The first-order chi connectivity index (χ1) is 14.5. The highest BCUT2D eigenvalue weighted by Crippen LogP contribution is 2.31. The first-order valence-corrected chi connectivity index (χ1v) is 8.74. The van der Waals surface area contributed by atoms with Gasteiger partial charge in [-0.2, -0.15) is 18.4 Å². The van der Waals surface area contributed by atoms with E-state index in [9.17, 15) is 35.8 Å². The minimum absolute atomic E-state index is 0.482. The Morgan fingerprint density at radius 3 is 2.00 bits per heavy atom. The van der Waals surface area contributed by atoms with Crippen LogP contribution in [0.2, 0.25) is 0 Å². The molecule has 0 spiro atoms. The van der Waals surface area contributed by atoms with E-state index in [4.69, 9.17) is 10.4 Å². The largest absolute Gasteiger partial charge is 0.448 e. The van der Waals surface area contributed by atoms with E-state index in [2.05, 4.69) is 14.5 Å². The lowest BCUT2D eigenvalue weighted by atomic mass is 10.0. The molecule has 0 amide bonds. The van der Waals surface area contributed by atoms with Crippen molar-refractivity contribution in [3.8, 4) is 6.07 Å². The molecule has 2 rings (SSSR count). The number of nitriles is 1. The number of nitrogens with zero attached hydrogens (tertiary/aromatic N) is 2. The van der Waals surface area contributed by atoms with E-state index in [1.807, 2.05) is 13.8 Å². The van der Waals surface area contributed by atoms with Crippen LogP contribution in [-0.4, -0.2) is 54.9 Å². The number of aliphatic imine (C=N–C) groups is 1. The van der Waals surface area contributed by atoms with Gasteiger partial charge in [0, 0.05) is 27.1 Å². The van der Waals surface area contributed by atoms with Crippen LogP contribution in [0.4, 0.5) is 30.7 Å². The standard InChI is InChI=1S/C15H11F7N2O3.C2H6.CH4O/c1-26-7(15(20,21)22)2-5-3-8(25)27-14(24-5)9-12(18)10(16)6(4-23)11(17)13(9)19;2*1-2/h5,7-8,25H,2-3H2,1H3;1-2H3;2H,1H3. The molecule has 176 valence electrons. The SMILES string of the molecule is CC.CO.COC(CC1CC(O)OC(c2c(F)c(F)c(C#N)c(F)c2F)=N1)C(F)(F)F. The molecule has 0 saturated heterocycles. The van der Waals surface area contributed by atoms with Crippen LogP contribution in [0, 0.1) is 34.6 Å². The summed E-state index contributed by atoms with van der Waals surface area (Å²) in [7, 11) is 1.78. The van der Waals surface area contributed by atoms with Gasteiger partial charge in [-0.1, -0.05) is 13.8 Å². The molecular formula is C18H21F7N2O4. The highest BCUT2D eigenvalue weighted by atomic mass is 19.4. The average Bonchev–Trinajstić information content (AvgIpc) is 2.73. The Morgan fingerprint density at radius 2 is 1.61 bits per heavy atom. The molecule has 0 bridgehead atoms. The molecule has 1 aliphatic heterocycles. The molecule has 3 atom stereocenters. The summed E-state index contributed by atoms with van der Waals surface area (Å²) < 4.78 is 103. The van der Waals surface area contributed by atoms with Crippen molar-refractivity contribution < 1.29 is 50.4 Å². The summed E-state index contributed by atoms with van der Waals surface area (Å²) in [5.74, 6) is -9.25. The van der Waals surface area contributed by atoms with E-state index in [0.717, 1.165) is 20.3 Å². The molecule has 1 aromatic carbocycles. The van der Waals surface area contributed by atoms with Crippen LogP contribution in [0.5, 0.6) is 0 Å². The molecule has 0 fully saturated rings. The second-order valence-corrected chi connectivity index (χ2v) is 5.52. The summed E-state index contributed by atoms with van der Waals surface area (Å²) in [5, 5.41) is 25.2. The van der Waals surface area contributed by atoms with Gasteiger partial charge in [0.05, 0.1) is 6.04 Å². The molecule has 13 heteroatoms. The highest BCUT2D eigenvalue weighted by Gasteiger charge is 2.43. The zero-order valence-electron chi connectivity index (χ0n) is 16.9. The van der Waals surface area contributed by atoms with E-state index in [1.54, 1.807) is 0 Å². The number of halogens is 7. The van der Waals surface area contributed by atoms with E-state index in [1.165, 1.54) is 0 Å². The summed E-state index contributed by atoms with van der Waals surface area (Å²) in [5.41, 5.74) is -3.01. The van der Waals surface area contributed by atoms with Crippen molar-refractivity contribution >= 4 is 5.90 Å². The van der Waals surface area contributed by atoms with Crippen molar-refractivity contribution in [2.75, 3.05) is 14.2 Å². The number of hydrogen-bond acceptors (Lipinski definition) is 6. The van der Waals surface area contributed by atoms with Gasteiger partial charge in [0.15, 0.2) is 29.4 Å². The fourth-order valence-electron chi connectivity index (χ4n) is 2.46. The van der Waals surface area contributed by atoms with E-state index in [0.29, 0.717) is 0 Å². The monoisotopic (exact) mass is 462 g/mol. The maximum atomic E-state index is 14.1. The summed E-state index contributed by atoms with van der Waals surface area (Å²) >= 11 is 0. The fraction of sp³-hybridized carbons (Fsp3) is 0.556. The summed E-state index contributed by atoms with van der Waals surface area (Å²) in [6, 6.07) is -0.437. The number of ether oxygens (including phenoxy) is 2. The average molecular weight is 462 g/mol. The molecule has 0 radical (unpaired) electrons. The van der Waals surface area contributed by atoms with Gasteiger partial charge in [-0.3, -0.25) is 0 Å². The van der Waals surface area contributed by atoms with Gasteiger partial charge < -0.3 is 19.7 Å². The summed E-state index contributed by atoms with van der Waals surface area (Å²) in [6.07, 6.45) is -10.2. The lowest BCUT2D eigenvalue weighted by molar-refractivity contribution is -0.216. The van der Waals surface area contributed by atoms with Crippen LogP contribution in [-0.2, 0) is 9.47 Å². The molecule has 0 aromatic heterocycles. The number of aliphatic hydroxyl groups is 2. The number of aliphatic hydroxyl groups excluding tert-OH is 2. The number of benzene rings is 1. The van der Waals surface area contributed by atoms with Gasteiger partial charge in [0.1, 0.15) is 17.2 Å². The second-order valence-electron chi connectivity index (χ2n) is 5.52. The predicted molar refractivity (Wildman–Crippen MR) is 94.0 cm³/mol. The van der Waals surface area contributed by atoms with Crippen molar-refractivity contribution in [1.29, 1.82) is 5.26 Å².